The fraction of sp³-hybridized carbons (Fsp3) is 0.569. The van der Waals surface area contributed by atoms with Crippen LogP contribution in [-0.2, 0) is 91.5 Å². The van der Waals surface area contributed by atoms with E-state index in [0.29, 0.717) is 53.5 Å². The molecule has 0 bridgehead atoms. The van der Waals surface area contributed by atoms with Crippen LogP contribution in [0.1, 0.15) is 139 Å². The van der Waals surface area contributed by atoms with E-state index >= 15 is 0 Å². The molecule has 1 saturated carbocycles. The van der Waals surface area contributed by atoms with Gasteiger partial charge in [-0.25, -0.2) is 15.2 Å². The lowest BCUT2D eigenvalue weighted by Crippen LogP contribution is -2.43. The largest absolute Gasteiger partial charge is 0.523 e. The molecule has 5 heterocycles. The maximum Gasteiger partial charge on any atom is 0.226 e. The van der Waals surface area contributed by atoms with Crippen molar-refractivity contribution < 1.29 is 30.9 Å². The number of hydrogen-bond donors (Lipinski definition) is 4. The number of aliphatic hydroxyl groups excluding tert-OH is 2. The van der Waals surface area contributed by atoms with E-state index in [0.717, 1.165) is 61.2 Å². The Labute approximate surface area is 447 Å². The minimum absolute atomic E-state index is 0.0120. The van der Waals surface area contributed by atoms with Gasteiger partial charge in [0.05, 0.1) is 54.1 Å². The molecule has 0 amide bonds. The van der Waals surface area contributed by atoms with Gasteiger partial charge in [0.1, 0.15) is 5.76 Å². The van der Waals surface area contributed by atoms with Crippen molar-refractivity contribution >= 4 is 11.6 Å². The van der Waals surface area contributed by atoms with E-state index in [1.807, 2.05) is 86.2 Å². The predicted molar refractivity (Wildman–Crippen MR) is 286 cm³/mol. The van der Waals surface area contributed by atoms with Crippen molar-refractivity contribution in [3.63, 3.8) is 0 Å². The van der Waals surface area contributed by atoms with Gasteiger partial charge in [-0.2, -0.15) is 20.4 Å². The summed E-state index contributed by atoms with van der Waals surface area (Å²) >= 11 is 0. The smallest absolute Gasteiger partial charge is 0.226 e. The molecule has 0 radical (unpaired) electrons. The van der Waals surface area contributed by atoms with Crippen LogP contribution < -0.4 is 5.48 Å². The van der Waals surface area contributed by atoms with E-state index < -0.39 is 0 Å². The van der Waals surface area contributed by atoms with Gasteiger partial charge in [0.15, 0.2) is 11.6 Å². The second-order valence-electron chi connectivity index (χ2n) is 23.6. The average molecular weight is 1040 g/mol. The van der Waals surface area contributed by atoms with Crippen molar-refractivity contribution in [2.45, 2.75) is 135 Å². The summed E-state index contributed by atoms with van der Waals surface area (Å²) in [6.07, 6.45) is 19.1. The summed E-state index contributed by atoms with van der Waals surface area (Å²) in [5, 5.41) is 49.1. The molecule has 76 heavy (non-hydrogen) atoms. The Balaban J connectivity index is 0.000000132. The highest BCUT2D eigenvalue weighted by Crippen LogP contribution is 2.57. The summed E-state index contributed by atoms with van der Waals surface area (Å²) in [6.45, 7) is 31.4. The van der Waals surface area contributed by atoms with Gasteiger partial charge in [0.2, 0.25) is 11.4 Å². The molecule has 8 aliphatic carbocycles. The molecule has 0 unspecified atom stereocenters. The molecule has 12 atom stereocenters. The molecule has 18 heteroatoms. The molecule has 4 N–H and O–H groups in total. The lowest BCUT2D eigenvalue weighted by molar-refractivity contribution is -0.123. The van der Waals surface area contributed by atoms with Crippen molar-refractivity contribution in [2.24, 2.45) is 69.6 Å². The Hall–Kier alpha value is -6.89. The maximum absolute atomic E-state index is 12.1. The SMILES string of the molecule is CNO.C[C@@H]1C(=O)/C(=C\O)C[C@]2(C)c3nn(C)cc3C[C@@H]12.C[C@@H]1c2oncc2C[C@]2(C)c3nn(C)cc3C[C@@H]12.[3H]C.[C-]#[N+]C1=C(O)[C@@H](C)[C@@H]2Cc3cn(C)nc3[C@@]2(C)C1.[C-]#[N+]C1=C[C@]2(C)c3nn(C)cc3C[C@H]2[C@H](C)C1=O. The van der Waals surface area contributed by atoms with Gasteiger partial charge < -0.3 is 24.7 Å². The number of carbonyl (C=O) groups is 2. The van der Waals surface area contributed by atoms with Crippen LogP contribution in [-0.4, -0.2) is 78.3 Å². The molecule has 1 fully saturated rings. The number of rotatable bonds is 0. The number of Topliss-reactive ketones (excluding diaryl/α,β-unsaturated/α-hetero) is 2. The van der Waals surface area contributed by atoms with Gasteiger partial charge in [-0.05, 0) is 90.9 Å². The first kappa shape index (κ1) is 53.9. The highest BCUT2D eigenvalue weighted by molar-refractivity contribution is 6.00. The normalized spacial score (nSPS) is 32.9. The predicted octanol–water partition coefficient (Wildman–Crippen LogP) is 8.78. The summed E-state index contributed by atoms with van der Waals surface area (Å²) in [4.78, 5) is 31.1. The lowest BCUT2D eigenvalue weighted by atomic mass is 9.62. The van der Waals surface area contributed by atoms with Crippen LogP contribution in [0.4, 0.5) is 0 Å². The highest BCUT2D eigenvalue weighted by atomic mass is 16.5. The number of ketones is 2. The number of allylic oxidation sites excluding steroid dienone is 5. The highest BCUT2D eigenvalue weighted by Gasteiger charge is 2.56. The lowest BCUT2D eigenvalue weighted by Gasteiger charge is -2.40. The van der Waals surface area contributed by atoms with Gasteiger partial charge >= 0.3 is 0 Å². The third-order valence-corrected chi connectivity index (χ3v) is 18.9. The number of nitrogens with zero attached hydrogens (tertiary/aromatic N) is 11. The molecule has 13 rings (SSSR count). The number of fused-ring (bicyclic) bond motifs is 13. The molecular weight excluding hydrogens is 961 g/mol. The number of hydroxylamine groups is 1. The second-order valence-corrected chi connectivity index (χ2v) is 23.6. The minimum Gasteiger partial charge on any atom is -0.523 e. The van der Waals surface area contributed by atoms with E-state index in [1.54, 1.807) is 5.48 Å². The van der Waals surface area contributed by atoms with Crippen LogP contribution in [0.2, 0.25) is 0 Å². The third kappa shape index (κ3) is 8.56. The summed E-state index contributed by atoms with van der Waals surface area (Å²) in [6, 6.07) is 0. The van der Waals surface area contributed by atoms with Gasteiger partial charge in [0.25, 0.3) is 0 Å². The van der Waals surface area contributed by atoms with E-state index in [9.17, 15) is 19.8 Å². The minimum atomic E-state index is -0.260. The molecule has 0 saturated heterocycles. The summed E-state index contributed by atoms with van der Waals surface area (Å²) in [5.41, 5.74) is 13.7. The van der Waals surface area contributed by atoms with Crippen LogP contribution in [0, 0.1) is 54.6 Å². The third-order valence-electron chi connectivity index (χ3n) is 18.9. The zero-order valence-electron chi connectivity index (χ0n) is 47.6. The standard InChI is InChI=1S/2C14H17N3O.C14H15N3O.C14H18N2O2.CH5NO.CH4/c1-8-11-4-9-7-17(3)16-13(9)14(11,2)5-10-6-15-18-12(8)10;2*1-8-10-5-9-7-17(4)16-13(9)14(10,2)6-11(15-3)12(8)18;1-8-11-4-9-6-16(3)15-13(9)14(11,2)5-10(7-17)12(8)18;1-2-3;/h6-8,11H,4-5H2,1-3H3;7-8,10,18H,5-6H2,1-2,4H3;6-8,10H,5H2,1-2,4H3;6-8,11,17H,4-5H2,1-3H3;2-3H,1H3;1H4/b;;;10-7-;;/t8-,11-,14-;2*8-,10-,14-;8-,11-,14-;;/m0000../s1/i;;;;;1T. The van der Waals surface area contributed by atoms with Crippen LogP contribution >= 0.6 is 0 Å². The topological polar surface area (TPSA) is 213 Å². The van der Waals surface area contributed by atoms with Gasteiger partial charge in [0, 0.05) is 118 Å². The van der Waals surface area contributed by atoms with Crippen molar-refractivity contribution in [1.29, 1.82) is 0 Å². The number of aryl methyl sites for hydroxylation is 4. The molecular formula is C58H76N12O6. The van der Waals surface area contributed by atoms with E-state index in [2.05, 4.69) is 83.4 Å². The molecule has 5 aromatic rings. The summed E-state index contributed by atoms with van der Waals surface area (Å²) < 4.78 is 18.7. The Morgan fingerprint density at radius 3 is 1.58 bits per heavy atom. The van der Waals surface area contributed by atoms with Crippen LogP contribution in [0.5, 0.6) is 0 Å². The Morgan fingerprint density at radius 2 is 1.09 bits per heavy atom. The zero-order valence-corrected chi connectivity index (χ0v) is 46.6. The Bertz CT molecular complexity index is 3280. The maximum atomic E-state index is 12.1. The average Bonchev–Trinajstić information content (AvgIpc) is 4.30. The van der Waals surface area contributed by atoms with E-state index in [-0.39, 0.29) is 62.6 Å². The molecule has 0 aromatic carbocycles. The second kappa shape index (κ2) is 19.9. The van der Waals surface area contributed by atoms with Crippen LogP contribution in [0.25, 0.3) is 9.69 Å². The fourth-order valence-electron chi connectivity index (χ4n) is 15.2. The number of nitrogens with one attached hydrogen (secondary N) is 1. The van der Waals surface area contributed by atoms with E-state index in [4.69, 9.17) is 29.3 Å². The Morgan fingerprint density at radius 1 is 0.671 bits per heavy atom. The summed E-state index contributed by atoms with van der Waals surface area (Å²) in [7, 11) is 10.5. The molecule has 0 spiro atoms. The molecule has 18 nitrogen and oxygen atoms in total. The summed E-state index contributed by atoms with van der Waals surface area (Å²) in [5.74, 6) is 3.32. The monoisotopic (exact) mass is 1040 g/mol. The Kier molecular flexibility index (Phi) is 14.1. The van der Waals surface area contributed by atoms with Crippen LogP contribution in [0.3, 0.4) is 0 Å². The number of hydrogen-bond acceptors (Lipinski definition) is 12. The molecule has 8 aliphatic rings. The molecule has 0 aliphatic heterocycles. The van der Waals surface area contributed by atoms with Crippen molar-refractivity contribution in [2.75, 3.05) is 7.05 Å². The van der Waals surface area contributed by atoms with Crippen molar-refractivity contribution in [3.05, 3.63) is 145 Å². The van der Waals surface area contributed by atoms with Gasteiger partial charge in [-0.3, -0.25) is 23.5 Å². The zero-order chi connectivity index (χ0) is 56.4. The number of aliphatic hydroxyl groups is 2. The van der Waals surface area contributed by atoms with Gasteiger partial charge in [-0.1, -0.05) is 74.0 Å². The first-order valence-corrected chi connectivity index (χ1v) is 26.1. The van der Waals surface area contributed by atoms with Gasteiger partial charge in [-0.15, -0.1) is 0 Å². The van der Waals surface area contributed by atoms with Crippen LogP contribution in [0.15, 0.2) is 70.6 Å². The molecule has 5 aromatic heterocycles. The number of aromatic nitrogens is 9. The first-order valence-electron chi connectivity index (χ1n) is 27.1. The van der Waals surface area contributed by atoms with E-state index in [1.165, 1.54) is 48.0 Å². The first-order chi connectivity index (χ1) is 36.4. The molecule has 404 valence electrons. The van der Waals surface area contributed by atoms with Crippen molar-refractivity contribution in [1.82, 2.24) is 49.8 Å². The number of carbonyl (C=O) groups excluding carboxylic acids is 2. The fourth-order valence-corrected chi connectivity index (χ4v) is 15.2. The quantitative estimate of drug-likeness (QED) is 0.0496. The van der Waals surface area contributed by atoms with Crippen molar-refractivity contribution in [3.8, 4) is 0 Å².